The number of aryl methyl sites for hydroxylation is 1. The standard InChI is InChI=1S/C19H18Cl2N2O2/c1-12-5-7-13(8-6-12)10-22-19(25)14-9-17(24)23(11-14)16-4-2-3-15(20)18(16)21/h2-8,14H,9-11H2,1H3,(H,22,25). The van der Waals surface area contributed by atoms with E-state index in [1.54, 1.807) is 18.2 Å². The van der Waals surface area contributed by atoms with Crippen LogP contribution in [0.1, 0.15) is 17.5 Å². The lowest BCUT2D eigenvalue weighted by molar-refractivity contribution is -0.126. The molecule has 130 valence electrons. The fraction of sp³-hybridized carbons (Fsp3) is 0.263. The Hall–Kier alpha value is -2.04. The second kappa shape index (κ2) is 7.46. The zero-order chi connectivity index (χ0) is 18.0. The average Bonchev–Trinajstić information content (AvgIpc) is 2.98. The van der Waals surface area contributed by atoms with Crippen LogP contribution in [0.5, 0.6) is 0 Å². The van der Waals surface area contributed by atoms with Gasteiger partial charge in [-0.05, 0) is 24.6 Å². The molecule has 25 heavy (non-hydrogen) atoms. The van der Waals surface area contributed by atoms with Crippen LogP contribution in [0.15, 0.2) is 42.5 Å². The predicted molar refractivity (Wildman–Crippen MR) is 99.9 cm³/mol. The van der Waals surface area contributed by atoms with E-state index in [1.807, 2.05) is 31.2 Å². The first-order valence-corrected chi connectivity index (χ1v) is 8.79. The van der Waals surface area contributed by atoms with Crippen LogP contribution in [0.3, 0.4) is 0 Å². The minimum absolute atomic E-state index is 0.125. The molecule has 0 aliphatic carbocycles. The fourth-order valence-corrected chi connectivity index (χ4v) is 3.25. The Kier molecular flexibility index (Phi) is 5.30. The summed E-state index contributed by atoms with van der Waals surface area (Å²) in [5.41, 5.74) is 2.75. The number of rotatable bonds is 4. The number of hydrogen-bond donors (Lipinski definition) is 1. The van der Waals surface area contributed by atoms with E-state index in [2.05, 4.69) is 5.32 Å². The molecular formula is C19H18Cl2N2O2. The van der Waals surface area contributed by atoms with E-state index in [0.717, 1.165) is 5.56 Å². The molecule has 0 radical (unpaired) electrons. The fourth-order valence-electron chi connectivity index (χ4n) is 2.86. The summed E-state index contributed by atoms with van der Waals surface area (Å²) in [5, 5.41) is 3.62. The molecule has 0 saturated carbocycles. The highest BCUT2D eigenvalue weighted by Crippen LogP contribution is 2.35. The molecule has 1 atom stereocenters. The quantitative estimate of drug-likeness (QED) is 0.877. The van der Waals surface area contributed by atoms with Crippen molar-refractivity contribution >= 4 is 40.7 Å². The number of anilines is 1. The van der Waals surface area contributed by atoms with E-state index in [1.165, 1.54) is 10.5 Å². The summed E-state index contributed by atoms with van der Waals surface area (Å²) in [6.45, 7) is 2.77. The monoisotopic (exact) mass is 376 g/mol. The zero-order valence-electron chi connectivity index (χ0n) is 13.8. The van der Waals surface area contributed by atoms with E-state index in [-0.39, 0.29) is 18.2 Å². The Labute approximate surface area is 156 Å². The molecule has 6 heteroatoms. The van der Waals surface area contributed by atoms with E-state index in [9.17, 15) is 9.59 Å². The third-order valence-corrected chi connectivity index (χ3v) is 5.11. The topological polar surface area (TPSA) is 49.4 Å². The van der Waals surface area contributed by atoms with Crippen LogP contribution in [0, 0.1) is 12.8 Å². The lowest BCUT2D eigenvalue weighted by atomic mass is 10.1. The predicted octanol–water partition coefficient (Wildman–Crippen LogP) is 3.97. The van der Waals surface area contributed by atoms with Crippen LogP contribution in [-0.2, 0) is 16.1 Å². The van der Waals surface area contributed by atoms with Crippen LogP contribution in [0.2, 0.25) is 10.0 Å². The van der Waals surface area contributed by atoms with Crippen molar-refractivity contribution in [3.05, 3.63) is 63.6 Å². The maximum absolute atomic E-state index is 12.4. The summed E-state index contributed by atoms with van der Waals surface area (Å²) in [6.07, 6.45) is 0.169. The summed E-state index contributed by atoms with van der Waals surface area (Å²) in [5.74, 6) is -0.651. The molecule has 0 bridgehead atoms. The highest BCUT2D eigenvalue weighted by atomic mass is 35.5. The van der Waals surface area contributed by atoms with Crippen LogP contribution in [-0.4, -0.2) is 18.4 Å². The smallest absolute Gasteiger partial charge is 0.227 e. The molecule has 1 aliphatic heterocycles. The summed E-state index contributed by atoms with van der Waals surface area (Å²) in [7, 11) is 0. The molecule has 1 aliphatic rings. The number of carbonyl (C=O) groups is 2. The highest BCUT2D eigenvalue weighted by Gasteiger charge is 2.36. The lowest BCUT2D eigenvalue weighted by Crippen LogP contribution is -2.32. The van der Waals surface area contributed by atoms with Crippen molar-refractivity contribution in [3.63, 3.8) is 0 Å². The number of amides is 2. The normalized spacial score (nSPS) is 17.0. The maximum Gasteiger partial charge on any atom is 0.227 e. The third kappa shape index (κ3) is 3.97. The summed E-state index contributed by atoms with van der Waals surface area (Å²) in [6, 6.07) is 13.1. The van der Waals surface area contributed by atoms with Gasteiger partial charge in [0.2, 0.25) is 11.8 Å². The second-order valence-electron chi connectivity index (χ2n) is 6.18. The molecule has 0 spiro atoms. The molecule has 1 saturated heterocycles. The Bertz CT molecular complexity index is 806. The first-order valence-electron chi connectivity index (χ1n) is 8.03. The number of nitrogens with one attached hydrogen (secondary N) is 1. The minimum atomic E-state index is -0.395. The molecule has 4 nitrogen and oxygen atoms in total. The summed E-state index contributed by atoms with van der Waals surface area (Å²) in [4.78, 5) is 26.3. The molecule has 2 aromatic rings. The first kappa shape index (κ1) is 17.8. The van der Waals surface area contributed by atoms with Crippen molar-refractivity contribution in [3.8, 4) is 0 Å². The van der Waals surface area contributed by atoms with Gasteiger partial charge in [-0.3, -0.25) is 9.59 Å². The molecule has 1 heterocycles. The molecule has 1 fully saturated rings. The largest absolute Gasteiger partial charge is 0.352 e. The van der Waals surface area contributed by atoms with Gasteiger partial charge in [0, 0.05) is 19.5 Å². The van der Waals surface area contributed by atoms with E-state index in [0.29, 0.717) is 28.8 Å². The summed E-state index contributed by atoms with van der Waals surface area (Å²) >= 11 is 12.2. The van der Waals surface area contributed by atoms with Crippen molar-refractivity contribution in [2.75, 3.05) is 11.4 Å². The molecule has 2 aromatic carbocycles. The van der Waals surface area contributed by atoms with E-state index in [4.69, 9.17) is 23.2 Å². The van der Waals surface area contributed by atoms with Gasteiger partial charge in [0.05, 0.1) is 21.7 Å². The van der Waals surface area contributed by atoms with Gasteiger partial charge in [-0.25, -0.2) is 0 Å². The van der Waals surface area contributed by atoms with Gasteiger partial charge in [0.1, 0.15) is 0 Å². The van der Waals surface area contributed by atoms with Crippen LogP contribution in [0.25, 0.3) is 0 Å². The minimum Gasteiger partial charge on any atom is -0.352 e. The number of halogens is 2. The second-order valence-corrected chi connectivity index (χ2v) is 6.97. The molecular weight excluding hydrogens is 359 g/mol. The van der Waals surface area contributed by atoms with Gasteiger partial charge in [-0.15, -0.1) is 0 Å². The van der Waals surface area contributed by atoms with Crippen LogP contribution < -0.4 is 10.2 Å². The highest BCUT2D eigenvalue weighted by molar-refractivity contribution is 6.44. The van der Waals surface area contributed by atoms with Crippen molar-refractivity contribution in [2.45, 2.75) is 19.9 Å². The Morgan fingerprint density at radius 2 is 1.92 bits per heavy atom. The Morgan fingerprint density at radius 3 is 2.64 bits per heavy atom. The van der Waals surface area contributed by atoms with Gasteiger partial charge >= 0.3 is 0 Å². The summed E-state index contributed by atoms with van der Waals surface area (Å²) < 4.78 is 0. The Morgan fingerprint density at radius 1 is 1.20 bits per heavy atom. The van der Waals surface area contributed by atoms with Gasteiger partial charge in [-0.2, -0.15) is 0 Å². The van der Waals surface area contributed by atoms with Crippen molar-refractivity contribution in [2.24, 2.45) is 5.92 Å². The molecule has 3 rings (SSSR count). The zero-order valence-corrected chi connectivity index (χ0v) is 15.3. The Balaban J connectivity index is 1.64. The molecule has 0 aromatic heterocycles. The lowest BCUT2D eigenvalue weighted by Gasteiger charge is -2.18. The van der Waals surface area contributed by atoms with Gasteiger partial charge in [0.15, 0.2) is 0 Å². The third-order valence-electron chi connectivity index (χ3n) is 4.31. The molecule has 1 N–H and O–H groups in total. The number of carbonyl (C=O) groups excluding carboxylic acids is 2. The van der Waals surface area contributed by atoms with Crippen molar-refractivity contribution in [1.29, 1.82) is 0 Å². The van der Waals surface area contributed by atoms with Crippen molar-refractivity contribution < 1.29 is 9.59 Å². The number of nitrogens with zero attached hydrogens (tertiary/aromatic N) is 1. The van der Waals surface area contributed by atoms with E-state index >= 15 is 0 Å². The van der Waals surface area contributed by atoms with Gasteiger partial charge < -0.3 is 10.2 Å². The number of benzene rings is 2. The molecule has 1 unspecified atom stereocenters. The average molecular weight is 377 g/mol. The number of hydrogen-bond acceptors (Lipinski definition) is 2. The van der Waals surface area contributed by atoms with E-state index < -0.39 is 5.92 Å². The van der Waals surface area contributed by atoms with Crippen molar-refractivity contribution in [1.82, 2.24) is 5.32 Å². The SMILES string of the molecule is Cc1ccc(CNC(=O)C2CC(=O)N(c3cccc(Cl)c3Cl)C2)cc1. The van der Waals surface area contributed by atoms with Crippen LogP contribution in [0.4, 0.5) is 5.69 Å². The van der Waals surface area contributed by atoms with Gasteiger partial charge in [-0.1, -0.05) is 59.1 Å². The first-order chi connectivity index (χ1) is 12.0. The maximum atomic E-state index is 12.4. The van der Waals surface area contributed by atoms with Crippen LogP contribution >= 0.6 is 23.2 Å². The van der Waals surface area contributed by atoms with Gasteiger partial charge in [0.25, 0.3) is 0 Å². The molecule has 2 amide bonds.